The van der Waals surface area contributed by atoms with Crippen molar-refractivity contribution in [3.63, 3.8) is 0 Å². The van der Waals surface area contributed by atoms with Crippen molar-refractivity contribution in [2.24, 2.45) is 11.7 Å². The summed E-state index contributed by atoms with van der Waals surface area (Å²) in [5.41, 5.74) is 7.62. The summed E-state index contributed by atoms with van der Waals surface area (Å²) in [5.74, 6) is 0.987. The fraction of sp³-hybridized carbons (Fsp3) is 0.562. The second-order valence-corrected chi connectivity index (χ2v) is 6.10. The van der Waals surface area contributed by atoms with E-state index in [0.717, 1.165) is 18.0 Å². The first kappa shape index (κ1) is 15.0. The molecule has 20 heavy (non-hydrogen) atoms. The van der Waals surface area contributed by atoms with E-state index in [-0.39, 0.29) is 5.84 Å². The second-order valence-electron chi connectivity index (χ2n) is 6.10. The Bertz CT molecular complexity index is 448. The largest absolute Gasteiger partial charge is 0.384 e. The van der Waals surface area contributed by atoms with E-state index in [1.165, 1.54) is 38.0 Å². The first-order chi connectivity index (χ1) is 9.54. The molecular formula is C16H26N4. The highest BCUT2D eigenvalue weighted by molar-refractivity contribution is 5.95. The Labute approximate surface area is 122 Å². The van der Waals surface area contributed by atoms with Crippen molar-refractivity contribution in [1.29, 1.82) is 5.41 Å². The molecule has 1 aliphatic heterocycles. The Morgan fingerprint density at radius 3 is 2.65 bits per heavy atom. The van der Waals surface area contributed by atoms with E-state index in [0.29, 0.717) is 0 Å². The smallest absolute Gasteiger partial charge is 0.122 e. The predicted octanol–water partition coefficient (Wildman–Crippen LogP) is 1.74. The molecule has 0 saturated carbocycles. The maximum atomic E-state index is 7.50. The molecule has 4 heteroatoms. The molecule has 1 aromatic rings. The van der Waals surface area contributed by atoms with E-state index >= 15 is 0 Å². The zero-order valence-electron chi connectivity index (χ0n) is 12.6. The number of nitrogen functional groups attached to an aromatic ring is 1. The van der Waals surface area contributed by atoms with Gasteiger partial charge in [0, 0.05) is 18.7 Å². The first-order valence-corrected chi connectivity index (χ1v) is 7.35. The van der Waals surface area contributed by atoms with Crippen LogP contribution in [0.5, 0.6) is 0 Å². The Morgan fingerprint density at radius 2 is 2.05 bits per heavy atom. The number of benzene rings is 1. The van der Waals surface area contributed by atoms with Crippen molar-refractivity contribution >= 4 is 5.84 Å². The molecule has 0 spiro atoms. The van der Waals surface area contributed by atoms with Crippen LogP contribution in [0.2, 0.25) is 0 Å². The maximum Gasteiger partial charge on any atom is 0.122 e. The number of likely N-dealkylation sites (tertiary alicyclic amines) is 1. The summed E-state index contributed by atoms with van der Waals surface area (Å²) in [7, 11) is 4.30. The molecule has 0 amide bonds. The molecular weight excluding hydrogens is 248 g/mol. The van der Waals surface area contributed by atoms with Crippen LogP contribution >= 0.6 is 0 Å². The van der Waals surface area contributed by atoms with Crippen molar-refractivity contribution < 1.29 is 0 Å². The summed E-state index contributed by atoms with van der Waals surface area (Å²) < 4.78 is 0. The topological polar surface area (TPSA) is 56.4 Å². The van der Waals surface area contributed by atoms with E-state index in [1.807, 2.05) is 18.2 Å². The minimum absolute atomic E-state index is 0.150. The minimum Gasteiger partial charge on any atom is -0.384 e. The average molecular weight is 274 g/mol. The van der Waals surface area contributed by atoms with Gasteiger partial charge in [0.2, 0.25) is 0 Å². The number of nitrogens with two attached hydrogens (primary N) is 1. The molecule has 0 bridgehead atoms. The van der Waals surface area contributed by atoms with E-state index in [9.17, 15) is 0 Å². The predicted molar refractivity (Wildman–Crippen MR) is 84.0 cm³/mol. The standard InChI is InChI=1S/C16H26N4/c1-19(2)11-13-6-8-20(9-7-13)12-14-4-3-5-15(10-14)16(17)18/h3-5,10,13H,6-9,11-12H2,1-2H3,(H3,17,18). The average Bonchev–Trinajstić information content (AvgIpc) is 2.41. The maximum absolute atomic E-state index is 7.50. The third-order valence-electron chi connectivity index (χ3n) is 3.97. The van der Waals surface area contributed by atoms with Crippen molar-refractivity contribution in [2.45, 2.75) is 19.4 Å². The molecule has 4 nitrogen and oxygen atoms in total. The Hall–Kier alpha value is -1.39. The highest BCUT2D eigenvalue weighted by atomic mass is 15.1. The number of hydrogen-bond acceptors (Lipinski definition) is 3. The van der Waals surface area contributed by atoms with Crippen molar-refractivity contribution in [2.75, 3.05) is 33.7 Å². The van der Waals surface area contributed by atoms with Gasteiger partial charge < -0.3 is 10.6 Å². The molecule has 3 N–H and O–H groups in total. The van der Waals surface area contributed by atoms with Crippen LogP contribution in [-0.2, 0) is 6.54 Å². The summed E-state index contributed by atoms with van der Waals surface area (Å²) in [6.07, 6.45) is 2.56. The number of hydrogen-bond donors (Lipinski definition) is 2. The monoisotopic (exact) mass is 274 g/mol. The van der Waals surface area contributed by atoms with Gasteiger partial charge in [-0.25, -0.2) is 0 Å². The van der Waals surface area contributed by atoms with E-state index < -0.39 is 0 Å². The molecule has 1 heterocycles. The van der Waals surface area contributed by atoms with Crippen molar-refractivity contribution in [1.82, 2.24) is 9.80 Å². The molecule has 1 aromatic carbocycles. The molecule has 1 fully saturated rings. The molecule has 110 valence electrons. The van der Waals surface area contributed by atoms with Gasteiger partial charge in [0.25, 0.3) is 0 Å². The lowest BCUT2D eigenvalue weighted by molar-refractivity contribution is 0.157. The lowest BCUT2D eigenvalue weighted by Gasteiger charge is -2.33. The van der Waals surface area contributed by atoms with Crippen LogP contribution in [0.3, 0.4) is 0 Å². The molecule has 1 aliphatic rings. The van der Waals surface area contributed by atoms with Gasteiger partial charge in [0.15, 0.2) is 0 Å². The number of nitrogens with one attached hydrogen (secondary N) is 1. The fourth-order valence-corrected chi connectivity index (χ4v) is 2.94. The molecule has 0 unspecified atom stereocenters. The van der Waals surface area contributed by atoms with Gasteiger partial charge in [-0.05, 0) is 57.6 Å². The number of amidine groups is 1. The van der Waals surface area contributed by atoms with Crippen LogP contribution in [0.15, 0.2) is 24.3 Å². The van der Waals surface area contributed by atoms with Crippen LogP contribution in [0.4, 0.5) is 0 Å². The molecule has 2 rings (SSSR count). The molecule has 0 aromatic heterocycles. The van der Waals surface area contributed by atoms with Crippen LogP contribution in [0.25, 0.3) is 0 Å². The zero-order chi connectivity index (χ0) is 14.5. The SMILES string of the molecule is CN(C)CC1CCN(Cc2cccc(C(=N)N)c2)CC1. The van der Waals surface area contributed by atoms with Gasteiger partial charge in [-0.1, -0.05) is 18.2 Å². The first-order valence-electron chi connectivity index (χ1n) is 7.35. The lowest BCUT2D eigenvalue weighted by Crippen LogP contribution is -2.36. The van der Waals surface area contributed by atoms with E-state index in [1.54, 1.807) is 0 Å². The van der Waals surface area contributed by atoms with Gasteiger partial charge in [0.05, 0.1) is 0 Å². The third-order valence-corrected chi connectivity index (χ3v) is 3.97. The van der Waals surface area contributed by atoms with E-state index in [4.69, 9.17) is 11.1 Å². The van der Waals surface area contributed by atoms with Crippen LogP contribution in [0.1, 0.15) is 24.0 Å². The van der Waals surface area contributed by atoms with Crippen LogP contribution < -0.4 is 5.73 Å². The second kappa shape index (κ2) is 6.86. The van der Waals surface area contributed by atoms with Gasteiger partial charge in [0.1, 0.15) is 5.84 Å². The number of nitrogens with zero attached hydrogens (tertiary/aromatic N) is 2. The fourth-order valence-electron chi connectivity index (χ4n) is 2.94. The normalized spacial score (nSPS) is 17.6. The summed E-state index contributed by atoms with van der Waals surface area (Å²) in [6.45, 7) is 4.51. The molecule has 1 saturated heterocycles. The molecule has 0 aliphatic carbocycles. The number of piperidine rings is 1. The number of rotatable bonds is 5. The summed E-state index contributed by atoms with van der Waals surface area (Å²) in [6, 6.07) is 8.05. The van der Waals surface area contributed by atoms with E-state index in [2.05, 4.69) is 30.0 Å². The summed E-state index contributed by atoms with van der Waals surface area (Å²) >= 11 is 0. The minimum atomic E-state index is 0.150. The Morgan fingerprint density at radius 1 is 1.35 bits per heavy atom. The van der Waals surface area contributed by atoms with Gasteiger partial charge in [-0.2, -0.15) is 0 Å². The quantitative estimate of drug-likeness (QED) is 0.635. The Kier molecular flexibility index (Phi) is 5.15. The molecule has 0 atom stereocenters. The van der Waals surface area contributed by atoms with Crippen molar-refractivity contribution in [3.05, 3.63) is 35.4 Å². The Balaban J connectivity index is 1.86. The molecule has 0 radical (unpaired) electrons. The highest BCUT2D eigenvalue weighted by Crippen LogP contribution is 2.19. The summed E-state index contributed by atoms with van der Waals surface area (Å²) in [5, 5.41) is 7.50. The lowest BCUT2D eigenvalue weighted by atomic mass is 9.96. The zero-order valence-corrected chi connectivity index (χ0v) is 12.6. The third kappa shape index (κ3) is 4.32. The summed E-state index contributed by atoms with van der Waals surface area (Å²) in [4.78, 5) is 4.79. The van der Waals surface area contributed by atoms with Gasteiger partial charge >= 0.3 is 0 Å². The van der Waals surface area contributed by atoms with Gasteiger partial charge in [-0.15, -0.1) is 0 Å². The van der Waals surface area contributed by atoms with Crippen molar-refractivity contribution in [3.8, 4) is 0 Å². The van der Waals surface area contributed by atoms with Crippen LogP contribution in [0, 0.1) is 11.3 Å². The highest BCUT2D eigenvalue weighted by Gasteiger charge is 2.19. The van der Waals surface area contributed by atoms with Crippen LogP contribution in [-0.4, -0.2) is 49.4 Å². The van der Waals surface area contributed by atoms with Gasteiger partial charge in [-0.3, -0.25) is 10.3 Å².